The second-order valence-corrected chi connectivity index (χ2v) is 2.10. The van der Waals surface area contributed by atoms with Crippen LogP contribution in [0.4, 0.5) is 0 Å². The molecule has 1 aromatic heterocycles. The van der Waals surface area contributed by atoms with Crippen molar-refractivity contribution in [2.75, 3.05) is 0 Å². The summed E-state index contributed by atoms with van der Waals surface area (Å²) in [7, 11) is 1.91. The van der Waals surface area contributed by atoms with Gasteiger partial charge in [-0.25, -0.2) is 0 Å². The molecule has 0 saturated carbocycles. The predicted octanol–water partition coefficient (Wildman–Crippen LogP) is 1.21. The first kappa shape index (κ1) is 10.2. The van der Waals surface area contributed by atoms with Gasteiger partial charge in [-0.15, -0.1) is 0 Å². The van der Waals surface area contributed by atoms with Crippen LogP contribution in [0.15, 0.2) is 6.07 Å². The minimum atomic E-state index is 0.529. The van der Waals surface area contributed by atoms with Gasteiger partial charge in [0.15, 0.2) is 0 Å². The number of hydrogen-bond acceptors (Lipinski definition) is 2. The van der Waals surface area contributed by atoms with Gasteiger partial charge in [0.2, 0.25) is 0 Å². The van der Waals surface area contributed by atoms with Crippen LogP contribution in [0.1, 0.15) is 25.2 Å². The summed E-state index contributed by atoms with van der Waals surface area (Å²) in [6, 6.07) is 1.99. The first-order chi connectivity index (χ1) is 5.24. The maximum atomic E-state index is 5.36. The molecule has 1 heterocycles. The Labute approximate surface area is 68.2 Å². The van der Waals surface area contributed by atoms with Crippen LogP contribution in [0.5, 0.6) is 0 Å². The molecule has 0 saturated heterocycles. The molecule has 0 aliphatic carbocycles. The fraction of sp³-hybridized carbons (Fsp3) is 0.625. The van der Waals surface area contributed by atoms with Gasteiger partial charge in [0, 0.05) is 19.3 Å². The fourth-order valence-electron chi connectivity index (χ4n) is 0.735. The molecule has 0 atom stereocenters. The third-order valence-corrected chi connectivity index (χ3v) is 1.37. The second kappa shape index (κ2) is 4.91. The fourth-order valence-corrected chi connectivity index (χ4v) is 0.735. The molecule has 0 fully saturated rings. The molecule has 64 valence electrons. The summed E-state index contributed by atoms with van der Waals surface area (Å²) < 4.78 is 1.82. The molecule has 11 heavy (non-hydrogen) atoms. The molecular formula is C8H17N3. The van der Waals surface area contributed by atoms with Crippen LogP contribution in [0.25, 0.3) is 0 Å². The van der Waals surface area contributed by atoms with E-state index in [0.29, 0.717) is 6.54 Å². The number of nitrogens with zero attached hydrogens (tertiary/aromatic N) is 2. The Morgan fingerprint density at radius 3 is 2.27 bits per heavy atom. The van der Waals surface area contributed by atoms with E-state index >= 15 is 0 Å². The van der Waals surface area contributed by atoms with Crippen molar-refractivity contribution in [3.05, 3.63) is 17.5 Å². The number of nitrogens with two attached hydrogens (primary N) is 1. The molecule has 0 aliphatic rings. The first-order valence-corrected chi connectivity index (χ1v) is 3.93. The van der Waals surface area contributed by atoms with Gasteiger partial charge >= 0.3 is 0 Å². The van der Waals surface area contributed by atoms with Gasteiger partial charge in [0.25, 0.3) is 0 Å². The molecule has 3 nitrogen and oxygen atoms in total. The van der Waals surface area contributed by atoms with Crippen molar-refractivity contribution in [2.45, 2.75) is 27.3 Å². The lowest BCUT2D eigenvalue weighted by molar-refractivity contribution is 0.721. The second-order valence-electron chi connectivity index (χ2n) is 2.10. The topological polar surface area (TPSA) is 43.8 Å². The summed E-state index contributed by atoms with van der Waals surface area (Å²) in [5.41, 5.74) is 7.46. The highest BCUT2D eigenvalue weighted by Crippen LogP contribution is 1.98. The molecular weight excluding hydrogens is 138 g/mol. The summed E-state index contributed by atoms with van der Waals surface area (Å²) in [4.78, 5) is 0. The van der Waals surface area contributed by atoms with Gasteiger partial charge in [-0.3, -0.25) is 4.68 Å². The van der Waals surface area contributed by atoms with Crippen LogP contribution in [0.3, 0.4) is 0 Å². The Morgan fingerprint density at radius 1 is 1.55 bits per heavy atom. The molecule has 0 unspecified atom stereocenters. The van der Waals surface area contributed by atoms with Crippen molar-refractivity contribution in [3.8, 4) is 0 Å². The normalized spacial score (nSPS) is 8.82. The molecule has 1 rings (SSSR count). The largest absolute Gasteiger partial charge is 0.325 e. The molecule has 0 spiro atoms. The maximum Gasteiger partial charge on any atom is 0.0762 e. The third kappa shape index (κ3) is 2.72. The monoisotopic (exact) mass is 155 g/mol. The van der Waals surface area contributed by atoms with Gasteiger partial charge in [-0.1, -0.05) is 13.8 Å². The SMILES string of the molecule is CC.Cc1cc(CN)nn1C. The highest BCUT2D eigenvalue weighted by Gasteiger charge is 1.95. The zero-order chi connectivity index (χ0) is 8.85. The van der Waals surface area contributed by atoms with Gasteiger partial charge in [-0.2, -0.15) is 5.10 Å². The summed E-state index contributed by atoms with van der Waals surface area (Å²) in [6.07, 6.45) is 0. The minimum Gasteiger partial charge on any atom is -0.325 e. The van der Waals surface area contributed by atoms with Crippen LogP contribution in [0.2, 0.25) is 0 Å². The Bertz CT molecular complexity index is 184. The van der Waals surface area contributed by atoms with Gasteiger partial charge in [-0.05, 0) is 13.0 Å². The van der Waals surface area contributed by atoms with E-state index in [9.17, 15) is 0 Å². The summed E-state index contributed by atoms with van der Waals surface area (Å²) in [5.74, 6) is 0. The standard InChI is InChI=1S/C6H11N3.C2H6/c1-5-3-6(4-7)8-9(5)2;1-2/h3H,4,7H2,1-2H3;1-2H3. The van der Waals surface area contributed by atoms with Crippen LogP contribution >= 0.6 is 0 Å². The van der Waals surface area contributed by atoms with Crippen molar-refractivity contribution in [3.63, 3.8) is 0 Å². The van der Waals surface area contributed by atoms with Crippen LogP contribution in [0, 0.1) is 6.92 Å². The maximum absolute atomic E-state index is 5.36. The predicted molar refractivity (Wildman–Crippen MR) is 47.2 cm³/mol. The average molecular weight is 155 g/mol. The summed E-state index contributed by atoms with van der Waals surface area (Å²) in [6.45, 7) is 6.54. The number of rotatable bonds is 1. The number of hydrogen-bond donors (Lipinski definition) is 1. The highest BCUT2D eigenvalue weighted by molar-refractivity contribution is 5.07. The number of aromatic nitrogens is 2. The molecule has 0 radical (unpaired) electrons. The van der Waals surface area contributed by atoms with E-state index in [1.54, 1.807) is 0 Å². The van der Waals surface area contributed by atoms with Crippen LogP contribution in [-0.4, -0.2) is 9.78 Å². The highest BCUT2D eigenvalue weighted by atomic mass is 15.3. The van der Waals surface area contributed by atoms with Crippen molar-refractivity contribution in [1.29, 1.82) is 0 Å². The zero-order valence-electron chi connectivity index (χ0n) is 7.76. The molecule has 0 aliphatic heterocycles. The Hall–Kier alpha value is -0.830. The third-order valence-electron chi connectivity index (χ3n) is 1.37. The Balaban J connectivity index is 0.000000461. The molecule has 0 amide bonds. The molecule has 3 heteroatoms. The van der Waals surface area contributed by atoms with E-state index in [1.165, 1.54) is 0 Å². The van der Waals surface area contributed by atoms with Gasteiger partial charge in [0.05, 0.1) is 5.69 Å². The van der Waals surface area contributed by atoms with E-state index in [2.05, 4.69) is 5.10 Å². The van der Waals surface area contributed by atoms with Gasteiger partial charge < -0.3 is 5.73 Å². The Kier molecular flexibility index (Phi) is 4.54. The van der Waals surface area contributed by atoms with Crippen molar-refractivity contribution < 1.29 is 0 Å². The first-order valence-electron chi connectivity index (χ1n) is 3.93. The van der Waals surface area contributed by atoms with E-state index in [-0.39, 0.29) is 0 Å². The van der Waals surface area contributed by atoms with Crippen molar-refractivity contribution in [2.24, 2.45) is 12.8 Å². The van der Waals surface area contributed by atoms with E-state index < -0.39 is 0 Å². The van der Waals surface area contributed by atoms with E-state index in [0.717, 1.165) is 11.4 Å². The quantitative estimate of drug-likeness (QED) is 0.662. The van der Waals surface area contributed by atoms with E-state index in [1.807, 2.05) is 38.6 Å². The number of aryl methyl sites for hydroxylation is 2. The Morgan fingerprint density at radius 2 is 2.09 bits per heavy atom. The molecule has 0 bridgehead atoms. The zero-order valence-corrected chi connectivity index (χ0v) is 7.76. The molecule has 0 aromatic carbocycles. The smallest absolute Gasteiger partial charge is 0.0762 e. The summed E-state index contributed by atoms with van der Waals surface area (Å²) in [5, 5.41) is 4.12. The van der Waals surface area contributed by atoms with Crippen molar-refractivity contribution >= 4 is 0 Å². The molecule has 1 aromatic rings. The lowest BCUT2D eigenvalue weighted by Gasteiger charge is -1.88. The lowest BCUT2D eigenvalue weighted by atomic mass is 10.4. The van der Waals surface area contributed by atoms with E-state index in [4.69, 9.17) is 5.73 Å². The average Bonchev–Trinajstić information content (AvgIpc) is 2.36. The lowest BCUT2D eigenvalue weighted by Crippen LogP contribution is -1.98. The summed E-state index contributed by atoms with van der Waals surface area (Å²) >= 11 is 0. The van der Waals surface area contributed by atoms with Crippen molar-refractivity contribution in [1.82, 2.24) is 9.78 Å². The van der Waals surface area contributed by atoms with Gasteiger partial charge in [0.1, 0.15) is 0 Å². The molecule has 2 N–H and O–H groups in total. The minimum absolute atomic E-state index is 0.529. The van der Waals surface area contributed by atoms with Crippen LogP contribution < -0.4 is 5.73 Å². The van der Waals surface area contributed by atoms with Crippen LogP contribution in [-0.2, 0) is 13.6 Å².